The molecule has 0 spiro atoms. The molecule has 1 amide bonds. The molecule has 2 aromatic heterocycles. The van der Waals surface area contributed by atoms with Crippen molar-refractivity contribution in [1.82, 2.24) is 15.0 Å². The maximum atomic E-state index is 12.5. The molecule has 3 aromatic rings. The molecular formula is C18H19N3O3. The van der Waals surface area contributed by atoms with Crippen molar-refractivity contribution in [3.8, 4) is 11.3 Å². The summed E-state index contributed by atoms with van der Waals surface area (Å²) in [5.41, 5.74) is 2.23. The van der Waals surface area contributed by atoms with Crippen molar-refractivity contribution in [3.05, 3.63) is 59.4 Å². The highest BCUT2D eigenvalue weighted by atomic mass is 16.5. The molecule has 6 heteroatoms. The third-order valence-corrected chi connectivity index (χ3v) is 3.70. The zero-order valence-corrected chi connectivity index (χ0v) is 13.9. The van der Waals surface area contributed by atoms with E-state index < -0.39 is 0 Å². The monoisotopic (exact) mass is 325 g/mol. The lowest BCUT2D eigenvalue weighted by Crippen LogP contribution is -2.26. The average molecular weight is 325 g/mol. The number of carbonyl (C=O) groups excluding carboxylic acids is 1. The smallest absolute Gasteiger partial charge is 0.291 e. The highest BCUT2D eigenvalue weighted by molar-refractivity contribution is 5.92. The minimum absolute atomic E-state index is 0.219. The molecule has 0 saturated heterocycles. The van der Waals surface area contributed by atoms with Crippen LogP contribution in [0, 0.1) is 6.92 Å². The zero-order chi connectivity index (χ0) is 17.1. The summed E-state index contributed by atoms with van der Waals surface area (Å²) in [6.45, 7) is 4.04. The van der Waals surface area contributed by atoms with Crippen LogP contribution in [0.25, 0.3) is 11.3 Å². The van der Waals surface area contributed by atoms with Crippen molar-refractivity contribution in [2.45, 2.75) is 26.8 Å². The first-order valence-electron chi connectivity index (χ1n) is 7.81. The molecule has 0 atom stereocenters. The standard InChI is InChI=1S/C18H19N3O3/c1-4-16-19-12(2)17(23-16)18(22)21(3)11-14-10-15(24-20-14)13-8-6-5-7-9-13/h5-10H,4,11H2,1-3H3. The summed E-state index contributed by atoms with van der Waals surface area (Å²) < 4.78 is 10.9. The van der Waals surface area contributed by atoms with Gasteiger partial charge in [-0.05, 0) is 6.92 Å². The fourth-order valence-corrected chi connectivity index (χ4v) is 2.41. The van der Waals surface area contributed by atoms with Crippen LogP contribution in [0.5, 0.6) is 0 Å². The summed E-state index contributed by atoms with van der Waals surface area (Å²) in [5.74, 6) is 1.30. The molecule has 124 valence electrons. The Labute approximate surface area is 140 Å². The van der Waals surface area contributed by atoms with E-state index in [2.05, 4.69) is 10.1 Å². The van der Waals surface area contributed by atoms with E-state index in [1.807, 2.05) is 43.3 Å². The fraction of sp³-hybridized carbons (Fsp3) is 0.278. The van der Waals surface area contributed by atoms with Crippen LogP contribution in [0.4, 0.5) is 0 Å². The van der Waals surface area contributed by atoms with Gasteiger partial charge >= 0.3 is 0 Å². The Morgan fingerprint density at radius 3 is 2.67 bits per heavy atom. The quantitative estimate of drug-likeness (QED) is 0.718. The number of carbonyl (C=O) groups is 1. The molecule has 6 nitrogen and oxygen atoms in total. The summed E-state index contributed by atoms with van der Waals surface area (Å²) in [5, 5.41) is 4.04. The molecule has 0 radical (unpaired) electrons. The van der Waals surface area contributed by atoms with Crippen molar-refractivity contribution >= 4 is 5.91 Å². The minimum atomic E-state index is -0.219. The number of rotatable bonds is 5. The van der Waals surface area contributed by atoms with E-state index in [9.17, 15) is 4.79 Å². The van der Waals surface area contributed by atoms with E-state index in [4.69, 9.17) is 8.94 Å². The number of nitrogens with zero attached hydrogens (tertiary/aromatic N) is 3. The molecule has 0 aliphatic carbocycles. The molecule has 0 bridgehead atoms. The Morgan fingerprint density at radius 1 is 1.25 bits per heavy atom. The van der Waals surface area contributed by atoms with Gasteiger partial charge in [-0.3, -0.25) is 4.79 Å². The van der Waals surface area contributed by atoms with Gasteiger partial charge in [0, 0.05) is 25.1 Å². The van der Waals surface area contributed by atoms with E-state index >= 15 is 0 Å². The van der Waals surface area contributed by atoms with Crippen LogP contribution in [0.1, 0.15) is 34.8 Å². The third kappa shape index (κ3) is 3.22. The normalized spacial score (nSPS) is 10.8. The maximum Gasteiger partial charge on any atom is 0.291 e. The number of benzene rings is 1. The Bertz CT molecular complexity index is 836. The van der Waals surface area contributed by atoms with E-state index in [-0.39, 0.29) is 11.7 Å². The first kappa shape index (κ1) is 16.0. The molecule has 2 heterocycles. The molecule has 0 unspecified atom stereocenters. The van der Waals surface area contributed by atoms with Crippen LogP contribution in [-0.4, -0.2) is 28.0 Å². The second kappa shape index (κ2) is 6.70. The van der Waals surface area contributed by atoms with Crippen LogP contribution < -0.4 is 0 Å². The van der Waals surface area contributed by atoms with Crippen LogP contribution in [0.15, 0.2) is 45.3 Å². The number of aromatic nitrogens is 2. The molecule has 0 aliphatic heterocycles. The van der Waals surface area contributed by atoms with Crippen LogP contribution in [-0.2, 0) is 13.0 Å². The third-order valence-electron chi connectivity index (χ3n) is 3.70. The Balaban J connectivity index is 1.73. The average Bonchev–Trinajstić information content (AvgIpc) is 3.21. The highest BCUT2D eigenvalue weighted by Crippen LogP contribution is 2.21. The zero-order valence-electron chi connectivity index (χ0n) is 13.9. The lowest BCUT2D eigenvalue weighted by Gasteiger charge is -2.13. The van der Waals surface area contributed by atoms with Gasteiger partial charge in [-0.15, -0.1) is 0 Å². The molecule has 0 fully saturated rings. The van der Waals surface area contributed by atoms with Gasteiger partial charge in [0.05, 0.1) is 12.2 Å². The number of oxazole rings is 1. The van der Waals surface area contributed by atoms with E-state index in [1.165, 1.54) is 0 Å². The first-order chi connectivity index (χ1) is 11.6. The van der Waals surface area contributed by atoms with Gasteiger partial charge in [0.15, 0.2) is 11.7 Å². The maximum absolute atomic E-state index is 12.5. The SMILES string of the molecule is CCc1nc(C)c(C(=O)N(C)Cc2cc(-c3ccccc3)on2)o1. The van der Waals surface area contributed by atoms with Crippen molar-refractivity contribution in [2.75, 3.05) is 7.05 Å². The summed E-state index contributed by atoms with van der Waals surface area (Å²) in [6, 6.07) is 11.5. The molecule has 0 saturated carbocycles. The Hall–Kier alpha value is -2.89. The topological polar surface area (TPSA) is 72.4 Å². The predicted molar refractivity (Wildman–Crippen MR) is 88.4 cm³/mol. The summed E-state index contributed by atoms with van der Waals surface area (Å²) >= 11 is 0. The second-order valence-corrected chi connectivity index (χ2v) is 5.59. The van der Waals surface area contributed by atoms with E-state index in [1.54, 1.807) is 18.9 Å². The van der Waals surface area contributed by atoms with Gasteiger partial charge in [-0.25, -0.2) is 4.98 Å². The van der Waals surface area contributed by atoms with Gasteiger partial charge in [0.25, 0.3) is 5.91 Å². The van der Waals surface area contributed by atoms with Crippen molar-refractivity contribution in [1.29, 1.82) is 0 Å². The summed E-state index contributed by atoms with van der Waals surface area (Å²) in [7, 11) is 1.70. The minimum Gasteiger partial charge on any atom is -0.435 e. The Morgan fingerprint density at radius 2 is 2.00 bits per heavy atom. The summed E-state index contributed by atoms with van der Waals surface area (Å²) in [6.07, 6.45) is 0.654. The largest absolute Gasteiger partial charge is 0.435 e. The molecule has 1 aromatic carbocycles. The van der Waals surface area contributed by atoms with Crippen molar-refractivity contribution in [2.24, 2.45) is 0 Å². The van der Waals surface area contributed by atoms with Gasteiger partial charge in [0.2, 0.25) is 5.76 Å². The predicted octanol–water partition coefficient (Wildman–Crippen LogP) is 3.47. The first-order valence-corrected chi connectivity index (χ1v) is 7.81. The molecule has 3 rings (SSSR count). The number of hydrogen-bond donors (Lipinski definition) is 0. The molecule has 0 aliphatic rings. The van der Waals surface area contributed by atoms with Crippen LogP contribution in [0.3, 0.4) is 0 Å². The van der Waals surface area contributed by atoms with Crippen LogP contribution >= 0.6 is 0 Å². The Kier molecular flexibility index (Phi) is 4.46. The number of hydrogen-bond acceptors (Lipinski definition) is 5. The van der Waals surface area contributed by atoms with Gasteiger partial charge in [-0.2, -0.15) is 0 Å². The van der Waals surface area contributed by atoms with E-state index in [0.29, 0.717) is 36.0 Å². The van der Waals surface area contributed by atoms with Crippen molar-refractivity contribution < 1.29 is 13.7 Å². The lowest BCUT2D eigenvalue weighted by atomic mass is 10.1. The van der Waals surface area contributed by atoms with Gasteiger partial charge in [-0.1, -0.05) is 42.4 Å². The number of amides is 1. The van der Waals surface area contributed by atoms with Crippen LogP contribution in [0.2, 0.25) is 0 Å². The molecular weight excluding hydrogens is 306 g/mol. The fourth-order valence-electron chi connectivity index (χ4n) is 2.41. The number of aryl methyl sites for hydroxylation is 2. The van der Waals surface area contributed by atoms with E-state index in [0.717, 1.165) is 5.56 Å². The molecule has 24 heavy (non-hydrogen) atoms. The second-order valence-electron chi connectivity index (χ2n) is 5.59. The lowest BCUT2D eigenvalue weighted by molar-refractivity contribution is 0.0747. The highest BCUT2D eigenvalue weighted by Gasteiger charge is 2.21. The van der Waals surface area contributed by atoms with Gasteiger partial charge in [0.1, 0.15) is 5.69 Å². The van der Waals surface area contributed by atoms with Crippen molar-refractivity contribution in [3.63, 3.8) is 0 Å². The molecule has 0 N–H and O–H groups in total. The summed E-state index contributed by atoms with van der Waals surface area (Å²) in [4.78, 5) is 18.3. The van der Waals surface area contributed by atoms with Gasteiger partial charge < -0.3 is 13.8 Å².